The van der Waals surface area contributed by atoms with E-state index in [0.29, 0.717) is 36.5 Å². The van der Waals surface area contributed by atoms with Crippen molar-refractivity contribution in [3.63, 3.8) is 0 Å². The topological polar surface area (TPSA) is 93.2 Å². The third-order valence-electron chi connectivity index (χ3n) is 4.66. The molecule has 0 aliphatic carbocycles. The Balaban J connectivity index is 1.36. The van der Waals surface area contributed by atoms with Gasteiger partial charge in [0.1, 0.15) is 10.8 Å². The lowest BCUT2D eigenvalue weighted by atomic mass is 10.1. The fourth-order valence-electron chi connectivity index (χ4n) is 2.89. The van der Waals surface area contributed by atoms with Gasteiger partial charge in [0, 0.05) is 25.1 Å². The van der Waals surface area contributed by atoms with Gasteiger partial charge in [-0.2, -0.15) is 0 Å². The summed E-state index contributed by atoms with van der Waals surface area (Å²) in [5, 5.41) is 14.8. The van der Waals surface area contributed by atoms with Gasteiger partial charge in [-0.15, -0.1) is 10.2 Å². The van der Waals surface area contributed by atoms with E-state index >= 15 is 0 Å². The van der Waals surface area contributed by atoms with Gasteiger partial charge in [0.15, 0.2) is 0 Å². The maximum atomic E-state index is 12.3. The second-order valence-corrected chi connectivity index (χ2v) is 8.18. The Hall–Kier alpha value is -3.26. The lowest BCUT2D eigenvalue weighted by molar-refractivity contribution is -0.121. The number of nitrogens with one attached hydrogen (secondary N) is 2. The molecule has 31 heavy (non-hydrogen) atoms. The molecule has 162 valence electrons. The van der Waals surface area contributed by atoms with Gasteiger partial charge in [-0.3, -0.25) is 9.59 Å². The summed E-state index contributed by atoms with van der Waals surface area (Å²) in [6.07, 6.45) is 2.50. The molecule has 0 radical (unpaired) electrons. The zero-order valence-electron chi connectivity index (χ0n) is 17.7. The van der Waals surface area contributed by atoms with Crippen molar-refractivity contribution in [3.05, 3.63) is 69.7 Å². The third-order valence-corrected chi connectivity index (χ3v) is 5.64. The van der Waals surface area contributed by atoms with Gasteiger partial charge in [0.2, 0.25) is 10.9 Å². The summed E-state index contributed by atoms with van der Waals surface area (Å²) in [6, 6.07) is 15.4. The zero-order valence-corrected chi connectivity index (χ0v) is 18.5. The molecule has 1 heterocycles. The minimum Gasteiger partial charge on any atom is -0.497 e. The molecular weight excluding hydrogens is 412 g/mol. The van der Waals surface area contributed by atoms with Crippen LogP contribution in [-0.2, 0) is 17.6 Å². The lowest BCUT2D eigenvalue weighted by Gasteiger charge is -2.05. The van der Waals surface area contributed by atoms with Crippen molar-refractivity contribution >= 4 is 28.8 Å². The molecule has 2 amide bonds. The molecule has 2 N–H and O–H groups in total. The Bertz CT molecular complexity index is 1000. The number of carbonyl (C=O) groups excluding carboxylic acids is 2. The first-order valence-electron chi connectivity index (χ1n) is 10.1. The smallest absolute Gasteiger partial charge is 0.286 e. The summed E-state index contributed by atoms with van der Waals surface area (Å²) < 4.78 is 5.10. The molecule has 0 saturated carbocycles. The molecule has 3 rings (SSSR count). The highest BCUT2D eigenvalue weighted by Gasteiger charge is 2.13. The quantitative estimate of drug-likeness (QED) is 0.502. The lowest BCUT2D eigenvalue weighted by Crippen LogP contribution is -2.25. The van der Waals surface area contributed by atoms with E-state index in [1.165, 1.54) is 22.5 Å². The SMILES string of the molecule is COc1ccc(NC(=O)c2nnc(CCCC(=O)NCCc3ccc(C)cc3)s2)cc1. The fraction of sp³-hybridized carbons (Fsp3) is 0.304. The fourth-order valence-corrected chi connectivity index (χ4v) is 3.67. The molecule has 0 bridgehead atoms. The van der Waals surface area contributed by atoms with Crippen LogP contribution in [-0.4, -0.2) is 35.7 Å². The summed E-state index contributed by atoms with van der Waals surface area (Å²) in [7, 11) is 1.59. The predicted octanol–water partition coefficient (Wildman–Crippen LogP) is 3.79. The van der Waals surface area contributed by atoms with E-state index in [0.717, 1.165) is 17.2 Å². The number of methoxy groups -OCH3 is 1. The predicted molar refractivity (Wildman–Crippen MR) is 122 cm³/mol. The first-order valence-corrected chi connectivity index (χ1v) is 10.9. The number of amides is 2. The van der Waals surface area contributed by atoms with E-state index in [4.69, 9.17) is 4.74 Å². The maximum absolute atomic E-state index is 12.3. The van der Waals surface area contributed by atoms with E-state index in [9.17, 15) is 9.59 Å². The third kappa shape index (κ3) is 7.18. The molecular formula is C23H26N4O3S. The van der Waals surface area contributed by atoms with Crippen molar-refractivity contribution in [1.29, 1.82) is 0 Å². The average Bonchev–Trinajstić information content (AvgIpc) is 3.25. The summed E-state index contributed by atoms with van der Waals surface area (Å²) in [6.45, 7) is 2.68. The number of anilines is 1. The minimum absolute atomic E-state index is 0.0223. The molecule has 3 aromatic rings. The molecule has 0 atom stereocenters. The Morgan fingerprint density at radius 2 is 1.74 bits per heavy atom. The Kier molecular flexibility index (Phi) is 8.12. The van der Waals surface area contributed by atoms with Gasteiger partial charge in [-0.1, -0.05) is 41.2 Å². The average molecular weight is 439 g/mol. The Morgan fingerprint density at radius 3 is 2.45 bits per heavy atom. The molecule has 2 aromatic carbocycles. The normalized spacial score (nSPS) is 10.5. The number of benzene rings is 2. The summed E-state index contributed by atoms with van der Waals surface area (Å²) in [5.41, 5.74) is 3.09. The monoisotopic (exact) mass is 438 g/mol. The van der Waals surface area contributed by atoms with Crippen LogP contribution >= 0.6 is 11.3 Å². The van der Waals surface area contributed by atoms with Crippen molar-refractivity contribution in [2.24, 2.45) is 0 Å². The maximum Gasteiger partial charge on any atom is 0.286 e. The first-order chi connectivity index (χ1) is 15.0. The number of carbonyl (C=O) groups is 2. The number of aromatic nitrogens is 2. The second kappa shape index (κ2) is 11.2. The summed E-state index contributed by atoms with van der Waals surface area (Å²) in [5.74, 6) is 0.437. The van der Waals surface area contributed by atoms with E-state index in [1.807, 2.05) is 0 Å². The van der Waals surface area contributed by atoms with Crippen molar-refractivity contribution in [3.8, 4) is 5.75 Å². The molecule has 0 unspecified atom stereocenters. The van der Waals surface area contributed by atoms with Crippen LogP contribution in [0.5, 0.6) is 5.75 Å². The molecule has 0 saturated heterocycles. The zero-order chi connectivity index (χ0) is 22.1. The minimum atomic E-state index is -0.303. The van der Waals surface area contributed by atoms with Crippen molar-refractivity contribution < 1.29 is 14.3 Å². The van der Waals surface area contributed by atoms with Gasteiger partial charge < -0.3 is 15.4 Å². The van der Waals surface area contributed by atoms with Crippen molar-refractivity contribution in [1.82, 2.24) is 15.5 Å². The first kappa shape index (κ1) is 22.4. The van der Waals surface area contributed by atoms with E-state index in [-0.39, 0.29) is 11.8 Å². The Morgan fingerprint density at radius 1 is 1.00 bits per heavy atom. The number of hydrogen-bond acceptors (Lipinski definition) is 6. The van der Waals surface area contributed by atoms with Crippen LogP contribution in [0.3, 0.4) is 0 Å². The van der Waals surface area contributed by atoms with Crippen LogP contribution in [0, 0.1) is 6.92 Å². The molecule has 0 aliphatic heterocycles. The highest BCUT2D eigenvalue weighted by Crippen LogP contribution is 2.18. The van der Waals surface area contributed by atoms with Crippen molar-refractivity contribution in [2.45, 2.75) is 32.6 Å². The second-order valence-electron chi connectivity index (χ2n) is 7.12. The Labute approximate surface area is 185 Å². The van der Waals surface area contributed by atoms with Gasteiger partial charge in [0.25, 0.3) is 5.91 Å². The van der Waals surface area contributed by atoms with Crippen LogP contribution in [0.15, 0.2) is 48.5 Å². The van der Waals surface area contributed by atoms with Gasteiger partial charge in [-0.25, -0.2) is 0 Å². The van der Waals surface area contributed by atoms with Gasteiger partial charge >= 0.3 is 0 Å². The molecule has 1 aromatic heterocycles. The van der Waals surface area contributed by atoms with Crippen LogP contribution in [0.1, 0.15) is 38.8 Å². The summed E-state index contributed by atoms with van der Waals surface area (Å²) >= 11 is 1.25. The molecule has 0 fully saturated rings. The van der Waals surface area contributed by atoms with Crippen LogP contribution in [0.4, 0.5) is 5.69 Å². The highest BCUT2D eigenvalue weighted by molar-refractivity contribution is 7.13. The molecule has 0 aliphatic rings. The number of hydrogen-bond donors (Lipinski definition) is 2. The van der Waals surface area contributed by atoms with Crippen molar-refractivity contribution in [2.75, 3.05) is 19.0 Å². The largest absolute Gasteiger partial charge is 0.497 e. The number of nitrogens with zero attached hydrogens (tertiary/aromatic N) is 2. The highest BCUT2D eigenvalue weighted by atomic mass is 32.1. The van der Waals surface area contributed by atoms with E-state index < -0.39 is 0 Å². The van der Waals surface area contributed by atoms with Crippen LogP contribution in [0.2, 0.25) is 0 Å². The van der Waals surface area contributed by atoms with Gasteiger partial charge in [-0.05, 0) is 49.6 Å². The summed E-state index contributed by atoms with van der Waals surface area (Å²) in [4.78, 5) is 24.3. The number of aryl methyl sites for hydroxylation is 2. The molecule has 8 heteroatoms. The van der Waals surface area contributed by atoms with E-state index in [2.05, 4.69) is 52.0 Å². The van der Waals surface area contributed by atoms with E-state index in [1.54, 1.807) is 31.4 Å². The molecule has 0 spiro atoms. The van der Waals surface area contributed by atoms with Crippen LogP contribution in [0.25, 0.3) is 0 Å². The standard InChI is InChI=1S/C23H26N4O3S/c1-16-6-8-17(9-7-16)14-15-24-20(28)4-3-5-21-26-27-23(31-21)22(29)25-18-10-12-19(30-2)13-11-18/h6-13H,3-5,14-15H2,1-2H3,(H,24,28)(H,25,29). The van der Waals surface area contributed by atoms with Gasteiger partial charge in [0.05, 0.1) is 7.11 Å². The van der Waals surface area contributed by atoms with Crippen LogP contribution < -0.4 is 15.4 Å². The number of ether oxygens (including phenoxy) is 1. The number of rotatable bonds is 10. The molecule has 7 nitrogen and oxygen atoms in total.